The van der Waals surface area contributed by atoms with Crippen LogP contribution in [-0.4, -0.2) is 82.6 Å². The summed E-state index contributed by atoms with van der Waals surface area (Å²) in [4.78, 5) is 40.6. The molecular formula is C36H43NO11. The summed E-state index contributed by atoms with van der Waals surface area (Å²) < 4.78 is 38.9. The van der Waals surface area contributed by atoms with Crippen molar-refractivity contribution >= 4 is 17.8 Å². The van der Waals surface area contributed by atoms with E-state index in [9.17, 15) is 19.5 Å². The van der Waals surface area contributed by atoms with Crippen LogP contribution in [0.3, 0.4) is 0 Å². The molecule has 3 aromatic rings. The number of carboxylic acid groups (broad SMARTS) is 1. The number of likely N-dealkylation sites (tertiary alicyclic amines) is 1. The van der Waals surface area contributed by atoms with Crippen LogP contribution in [0.5, 0.6) is 34.5 Å². The number of carbonyl (C=O) groups is 3. The van der Waals surface area contributed by atoms with Crippen molar-refractivity contribution in [1.29, 1.82) is 0 Å². The van der Waals surface area contributed by atoms with Crippen LogP contribution in [0.4, 0.5) is 0 Å². The Kier molecular flexibility index (Phi) is 12.8. The molecule has 0 bridgehead atoms. The van der Waals surface area contributed by atoms with Crippen LogP contribution in [0.2, 0.25) is 0 Å². The normalized spacial score (nSPS) is 14.8. The number of methoxy groups -OCH3 is 5. The number of amides is 1. The van der Waals surface area contributed by atoms with Gasteiger partial charge in [0.2, 0.25) is 11.7 Å². The highest BCUT2D eigenvalue weighted by Crippen LogP contribution is 2.39. The van der Waals surface area contributed by atoms with Crippen molar-refractivity contribution in [3.63, 3.8) is 0 Å². The Morgan fingerprint density at radius 2 is 1.46 bits per heavy atom. The predicted octanol–water partition coefficient (Wildman–Crippen LogP) is 5.03. The molecule has 12 nitrogen and oxygen atoms in total. The zero-order chi connectivity index (χ0) is 34.6. The Hall–Kier alpha value is -5.13. The molecule has 48 heavy (non-hydrogen) atoms. The van der Waals surface area contributed by atoms with E-state index in [0.717, 1.165) is 18.4 Å². The van der Waals surface area contributed by atoms with E-state index >= 15 is 0 Å². The van der Waals surface area contributed by atoms with Crippen molar-refractivity contribution in [2.24, 2.45) is 0 Å². The van der Waals surface area contributed by atoms with Crippen molar-refractivity contribution in [3.8, 4) is 34.5 Å². The van der Waals surface area contributed by atoms with Gasteiger partial charge in [-0.25, -0.2) is 9.59 Å². The highest BCUT2D eigenvalue weighted by Gasteiger charge is 2.35. The van der Waals surface area contributed by atoms with Gasteiger partial charge in [0.1, 0.15) is 17.9 Å². The molecule has 0 unspecified atom stereocenters. The lowest BCUT2D eigenvalue weighted by atomic mass is 9.98. The van der Waals surface area contributed by atoms with Crippen LogP contribution in [0.15, 0.2) is 54.6 Å². The van der Waals surface area contributed by atoms with E-state index in [1.807, 2.05) is 12.1 Å². The van der Waals surface area contributed by atoms with Crippen LogP contribution in [0.25, 0.3) is 0 Å². The van der Waals surface area contributed by atoms with Crippen LogP contribution >= 0.6 is 0 Å². The van der Waals surface area contributed by atoms with Gasteiger partial charge in [-0.2, -0.15) is 0 Å². The largest absolute Gasteiger partial charge is 0.493 e. The second-order valence-corrected chi connectivity index (χ2v) is 11.2. The fourth-order valence-electron chi connectivity index (χ4n) is 5.84. The number of hydrogen-bond acceptors (Lipinski definition) is 10. The van der Waals surface area contributed by atoms with Crippen LogP contribution in [-0.2, 0) is 32.0 Å². The molecule has 12 heteroatoms. The zero-order valence-corrected chi connectivity index (χ0v) is 28.0. The Labute approximate surface area is 280 Å². The van der Waals surface area contributed by atoms with Gasteiger partial charge in [-0.05, 0) is 73.6 Å². The maximum Gasteiger partial charge on any atom is 0.341 e. The Morgan fingerprint density at radius 3 is 2.10 bits per heavy atom. The average Bonchev–Trinajstić information content (AvgIpc) is 3.11. The zero-order valence-electron chi connectivity index (χ0n) is 28.0. The second kappa shape index (κ2) is 17.1. The maximum atomic E-state index is 14.0. The van der Waals surface area contributed by atoms with Crippen molar-refractivity contribution < 1.29 is 52.6 Å². The quantitative estimate of drug-likeness (QED) is 0.206. The number of para-hydroxylation sites is 1. The summed E-state index contributed by atoms with van der Waals surface area (Å²) in [5, 5.41) is 9.25. The number of esters is 1. The number of carboxylic acids is 1. The van der Waals surface area contributed by atoms with Crippen LogP contribution < -0.4 is 28.4 Å². The summed E-state index contributed by atoms with van der Waals surface area (Å²) in [6.07, 6.45) is 1.99. The van der Waals surface area contributed by atoms with Gasteiger partial charge in [-0.3, -0.25) is 4.79 Å². The second-order valence-electron chi connectivity index (χ2n) is 11.2. The van der Waals surface area contributed by atoms with Gasteiger partial charge in [0.25, 0.3) is 0 Å². The molecule has 0 radical (unpaired) electrons. The van der Waals surface area contributed by atoms with E-state index in [1.165, 1.54) is 21.3 Å². The third-order valence-electron chi connectivity index (χ3n) is 8.19. The third kappa shape index (κ3) is 8.81. The van der Waals surface area contributed by atoms with Crippen LogP contribution in [0, 0.1) is 0 Å². The number of benzene rings is 3. The van der Waals surface area contributed by atoms with Gasteiger partial charge in [-0.1, -0.05) is 24.3 Å². The van der Waals surface area contributed by atoms with Gasteiger partial charge in [-0.15, -0.1) is 0 Å². The van der Waals surface area contributed by atoms with Crippen molar-refractivity contribution in [2.45, 2.75) is 50.7 Å². The van der Waals surface area contributed by atoms with Gasteiger partial charge in [0.15, 0.2) is 29.6 Å². The molecule has 0 aliphatic carbocycles. The van der Waals surface area contributed by atoms with E-state index in [-0.39, 0.29) is 12.3 Å². The predicted molar refractivity (Wildman–Crippen MR) is 175 cm³/mol. The van der Waals surface area contributed by atoms with E-state index < -0.39 is 30.7 Å². The number of aliphatic carboxylic acids is 1. The molecule has 0 aromatic heterocycles. The summed E-state index contributed by atoms with van der Waals surface area (Å²) in [5.74, 6) is 0.808. The SMILES string of the molecule is COc1ccc(CC[C@@H](OC(=O)[C@@H]2CCCCN2C(=O)Cc2cc(OC)c(OC)c(OC)c2)c2ccccc2OCC(=O)O)cc1OC. The number of ether oxygens (including phenoxy) is 7. The summed E-state index contributed by atoms with van der Waals surface area (Å²) in [6.45, 7) is -0.156. The molecule has 1 aliphatic rings. The summed E-state index contributed by atoms with van der Waals surface area (Å²) in [6, 6.07) is 15.1. The highest BCUT2D eigenvalue weighted by atomic mass is 16.6. The topological polar surface area (TPSA) is 139 Å². The molecule has 1 amide bonds. The smallest absolute Gasteiger partial charge is 0.341 e. The molecule has 0 saturated carbocycles. The summed E-state index contributed by atoms with van der Waals surface area (Å²) in [7, 11) is 7.64. The number of hydrogen-bond donors (Lipinski definition) is 1. The van der Waals surface area contributed by atoms with Gasteiger partial charge in [0, 0.05) is 12.1 Å². The molecule has 1 aliphatic heterocycles. The average molecular weight is 666 g/mol. The molecule has 4 rings (SSSR count). The van der Waals surface area contributed by atoms with E-state index in [1.54, 1.807) is 61.6 Å². The molecule has 2 atom stereocenters. The summed E-state index contributed by atoms with van der Waals surface area (Å²) in [5.41, 5.74) is 2.08. The number of carbonyl (C=O) groups excluding carboxylic acids is 2. The number of piperidine rings is 1. The third-order valence-corrected chi connectivity index (χ3v) is 8.19. The number of rotatable bonds is 16. The lowest BCUT2D eigenvalue weighted by molar-refractivity contribution is -0.162. The Morgan fingerprint density at radius 1 is 0.792 bits per heavy atom. The minimum Gasteiger partial charge on any atom is -0.493 e. The first-order valence-corrected chi connectivity index (χ1v) is 15.7. The van der Waals surface area contributed by atoms with Gasteiger partial charge < -0.3 is 43.2 Å². The minimum absolute atomic E-state index is 0.00902. The first kappa shape index (κ1) is 35.7. The monoisotopic (exact) mass is 665 g/mol. The molecule has 1 N–H and O–H groups in total. The molecule has 1 saturated heterocycles. The molecule has 258 valence electrons. The van der Waals surface area contributed by atoms with Crippen molar-refractivity contribution in [2.75, 3.05) is 48.7 Å². The number of nitrogens with zero attached hydrogens (tertiary/aromatic N) is 1. The Bertz CT molecular complexity index is 1550. The lowest BCUT2D eigenvalue weighted by Crippen LogP contribution is -2.49. The van der Waals surface area contributed by atoms with E-state index in [4.69, 9.17) is 33.2 Å². The molecule has 0 spiro atoms. The summed E-state index contributed by atoms with van der Waals surface area (Å²) >= 11 is 0. The van der Waals surface area contributed by atoms with E-state index in [0.29, 0.717) is 71.4 Å². The fraction of sp³-hybridized carbons (Fsp3) is 0.417. The standard InChI is InChI=1S/C36H43NO11/c1-42-29-16-14-23(18-30(29)43-2)13-15-28(25-10-6-7-12-27(25)47-22-34(39)40)48-36(41)26-11-8-9-17-37(26)33(38)21-24-19-31(44-3)35(46-5)32(20-24)45-4/h6-7,10,12,14,16,18-20,26,28H,8-9,11,13,15,17,21-22H2,1-5H3,(H,39,40)/t26-,28+/m0/s1. The van der Waals surface area contributed by atoms with Gasteiger partial charge >= 0.3 is 11.9 Å². The van der Waals surface area contributed by atoms with Crippen molar-refractivity contribution in [1.82, 2.24) is 4.90 Å². The first-order valence-electron chi connectivity index (χ1n) is 15.7. The first-order chi connectivity index (χ1) is 23.2. The van der Waals surface area contributed by atoms with Gasteiger partial charge in [0.05, 0.1) is 42.0 Å². The molecular weight excluding hydrogens is 622 g/mol. The maximum absolute atomic E-state index is 14.0. The van der Waals surface area contributed by atoms with E-state index in [2.05, 4.69) is 0 Å². The molecule has 1 heterocycles. The highest BCUT2D eigenvalue weighted by molar-refractivity contribution is 5.86. The van der Waals surface area contributed by atoms with Crippen LogP contribution in [0.1, 0.15) is 48.5 Å². The van der Waals surface area contributed by atoms with Crippen molar-refractivity contribution in [3.05, 3.63) is 71.3 Å². The Balaban J connectivity index is 1.58. The fourth-order valence-corrected chi connectivity index (χ4v) is 5.84. The molecule has 3 aromatic carbocycles. The molecule has 1 fully saturated rings. The lowest BCUT2D eigenvalue weighted by Gasteiger charge is -2.35. The number of aryl methyl sites for hydroxylation is 1. The minimum atomic E-state index is -1.13.